The number of carbonyl (C=O) groups excluding carboxylic acids is 1. The van der Waals surface area contributed by atoms with Crippen molar-refractivity contribution in [2.45, 2.75) is 13.0 Å². The number of anilines is 2. The molecule has 152 valence electrons. The van der Waals surface area contributed by atoms with Gasteiger partial charge < -0.3 is 15.1 Å². The normalized spacial score (nSPS) is 12.0. The summed E-state index contributed by atoms with van der Waals surface area (Å²) < 4.78 is 5.85. The molecule has 0 spiro atoms. The second-order valence-corrected chi connectivity index (χ2v) is 7.45. The summed E-state index contributed by atoms with van der Waals surface area (Å²) in [6.45, 7) is 1.85. The molecule has 0 aliphatic heterocycles. The SMILES string of the molecule is C[C@H](Nc1cccc2ccccc12)C(=O)Nc1ccc2oc(-c3ccccc3)nc2c1. The first kappa shape index (κ1) is 18.9. The average Bonchev–Trinajstić information content (AvgIpc) is 3.23. The van der Waals surface area contributed by atoms with Crippen molar-refractivity contribution in [2.24, 2.45) is 0 Å². The number of amides is 1. The van der Waals surface area contributed by atoms with Gasteiger partial charge in [0.05, 0.1) is 0 Å². The lowest BCUT2D eigenvalue weighted by Crippen LogP contribution is -2.31. The molecule has 5 nitrogen and oxygen atoms in total. The van der Waals surface area contributed by atoms with Gasteiger partial charge in [-0.2, -0.15) is 0 Å². The summed E-state index contributed by atoms with van der Waals surface area (Å²) in [6, 6.07) is 28.9. The lowest BCUT2D eigenvalue weighted by atomic mass is 10.1. The van der Waals surface area contributed by atoms with Crippen LogP contribution in [0, 0.1) is 0 Å². The fraction of sp³-hybridized carbons (Fsp3) is 0.0769. The predicted octanol–water partition coefficient (Wildman–Crippen LogP) is 6.09. The van der Waals surface area contributed by atoms with Crippen molar-refractivity contribution in [3.8, 4) is 11.5 Å². The van der Waals surface area contributed by atoms with Gasteiger partial charge >= 0.3 is 0 Å². The molecule has 31 heavy (non-hydrogen) atoms. The summed E-state index contributed by atoms with van der Waals surface area (Å²) in [5, 5.41) is 8.51. The number of carbonyl (C=O) groups is 1. The van der Waals surface area contributed by atoms with Gasteiger partial charge in [0.25, 0.3) is 0 Å². The molecule has 1 amide bonds. The number of hydrogen-bond donors (Lipinski definition) is 2. The first-order valence-electron chi connectivity index (χ1n) is 10.2. The molecule has 0 bridgehead atoms. The Morgan fingerprint density at radius 2 is 1.68 bits per heavy atom. The number of fused-ring (bicyclic) bond motifs is 2. The topological polar surface area (TPSA) is 67.2 Å². The maximum absolute atomic E-state index is 12.8. The van der Waals surface area contributed by atoms with E-state index in [2.05, 4.69) is 27.8 Å². The molecule has 1 aromatic heterocycles. The monoisotopic (exact) mass is 407 g/mol. The van der Waals surface area contributed by atoms with Gasteiger partial charge in [-0.1, -0.05) is 54.6 Å². The molecule has 0 fully saturated rings. The van der Waals surface area contributed by atoms with Gasteiger partial charge in [0.2, 0.25) is 11.8 Å². The lowest BCUT2D eigenvalue weighted by Gasteiger charge is -2.17. The Balaban J connectivity index is 1.33. The quantitative estimate of drug-likeness (QED) is 0.370. The van der Waals surface area contributed by atoms with Crippen LogP contribution < -0.4 is 10.6 Å². The zero-order valence-corrected chi connectivity index (χ0v) is 17.0. The molecule has 5 heteroatoms. The molecule has 5 aromatic rings. The number of oxazole rings is 1. The van der Waals surface area contributed by atoms with Crippen LogP contribution in [0.3, 0.4) is 0 Å². The Hall–Kier alpha value is -4.12. The molecule has 0 saturated heterocycles. The number of hydrogen-bond acceptors (Lipinski definition) is 4. The van der Waals surface area contributed by atoms with Gasteiger partial charge in [0.15, 0.2) is 5.58 Å². The van der Waals surface area contributed by atoms with Crippen LogP contribution in [0.4, 0.5) is 11.4 Å². The predicted molar refractivity (Wildman–Crippen MR) is 125 cm³/mol. The third-order valence-electron chi connectivity index (χ3n) is 5.23. The highest BCUT2D eigenvalue weighted by Crippen LogP contribution is 2.27. The number of nitrogens with one attached hydrogen (secondary N) is 2. The van der Waals surface area contributed by atoms with Crippen LogP contribution in [0.2, 0.25) is 0 Å². The maximum Gasteiger partial charge on any atom is 0.246 e. The molecule has 0 unspecified atom stereocenters. The van der Waals surface area contributed by atoms with E-state index in [1.54, 1.807) is 0 Å². The highest BCUT2D eigenvalue weighted by atomic mass is 16.3. The van der Waals surface area contributed by atoms with Gasteiger partial charge in [-0.15, -0.1) is 0 Å². The summed E-state index contributed by atoms with van der Waals surface area (Å²) in [6.07, 6.45) is 0. The van der Waals surface area contributed by atoms with Crippen molar-refractivity contribution in [1.29, 1.82) is 0 Å². The minimum absolute atomic E-state index is 0.126. The summed E-state index contributed by atoms with van der Waals surface area (Å²) in [7, 11) is 0. The van der Waals surface area contributed by atoms with E-state index in [-0.39, 0.29) is 5.91 Å². The summed E-state index contributed by atoms with van der Waals surface area (Å²) in [5.74, 6) is 0.434. The van der Waals surface area contributed by atoms with Gasteiger partial charge in [0.1, 0.15) is 11.6 Å². The van der Waals surface area contributed by atoms with Crippen molar-refractivity contribution < 1.29 is 9.21 Å². The zero-order valence-electron chi connectivity index (χ0n) is 17.0. The molecule has 4 aromatic carbocycles. The van der Waals surface area contributed by atoms with E-state index in [9.17, 15) is 4.79 Å². The summed E-state index contributed by atoms with van der Waals surface area (Å²) in [4.78, 5) is 17.4. The van der Waals surface area contributed by atoms with Gasteiger partial charge in [0, 0.05) is 22.3 Å². The Bertz CT molecular complexity index is 1370. The van der Waals surface area contributed by atoms with Crippen LogP contribution in [0.15, 0.2) is 95.4 Å². The van der Waals surface area contributed by atoms with E-state index in [0.29, 0.717) is 22.7 Å². The number of nitrogens with zero attached hydrogens (tertiary/aromatic N) is 1. The van der Waals surface area contributed by atoms with Crippen molar-refractivity contribution in [2.75, 3.05) is 10.6 Å². The van der Waals surface area contributed by atoms with E-state index >= 15 is 0 Å². The maximum atomic E-state index is 12.8. The zero-order chi connectivity index (χ0) is 21.2. The second-order valence-electron chi connectivity index (χ2n) is 7.45. The van der Waals surface area contributed by atoms with Crippen LogP contribution in [-0.4, -0.2) is 16.9 Å². The van der Waals surface area contributed by atoms with Gasteiger partial charge in [-0.3, -0.25) is 4.79 Å². The van der Waals surface area contributed by atoms with E-state index < -0.39 is 6.04 Å². The molecule has 1 atom stereocenters. The summed E-state index contributed by atoms with van der Waals surface area (Å²) >= 11 is 0. The third-order valence-corrected chi connectivity index (χ3v) is 5.23. The Morgan fingerprint density at radius 1 is 0.903 bits per heavy atom. The molecule has 0 aliphatic carbocycles. The Labute approximate surface area is 179 Å². The second kappa shape index (κ2) is 7.95. The largest absolute Gasteiger partial charge is 0.436 e. The standard InChI is InChI=1S/C26H21N3O2/c1-17(27-22-13-7-11-18-8-5-6-12-21(18)22)25(30)28-20-14-15-24-23(16-20)29-26(31-24)19-9-3-2-4-10-19/h2-17,27H,1H3,(H,28,30)/t17-/m0/s1. The fourth-order valence-corrected chi connectivity index (χ4v) is 3.61. The molecule has 0 aliphatic rings. The van der Waals surface area contributed by atoms with Crippen molar-refractivity contribution >= 4 is 39.2 Å². The van der Waals surface area contributed by atoms with Crippen LogP contribution in [-0.2, 0) is 4.79 Å². The van der Waals surface area contributed by atoms with Crippen molar-refractivity contribution in [1.82, 2.24) is 4.98 Å². The first-order chi connectivity index (χ1) is 15.2. The summed E-state index contributed by atoms with van der Waals surface area (Å²) in [5.41, 5.74) is 3.90. The molecular weight excluding hydrogens is 386 g/mol. The molecule has 1 heterocycles. The van der Waals surface area contributed by atoms with E-state index in [4.69, 9.17) is 4.42 Å². The van der Waals surface area contributed by atoms with E-state index in [1.807, 2.05) is 85.8 Å². The number of benzene rings is 4. The van der Waals surface area contributed by atoms with E-state index in [0.717, 1.165) is 22.0 Å². The highest BCUT2D eigenvalue weighted by molar-refractivity contribution is 6.00. The highest BCUT2D eigenvalue weighted by Gasteiger charge is 2.15. The lowest BCUT2D eigenvalue weighted by molar-refractivity contribution is -0.116. The minimum atomic E-state index is -0.418. The van der Waals surface area contributed by atoms with Crippen LogP contribution >= 0.6 is 0 Å². The van der Waals surface area contributed by atoms with Crippen LogP contribution in [0.25, 0.3) is 33.3 Å². The smallest absolute Gasteiger partial charge is 0.246 e. The van der Waals surface area contributed by atoms with Crippen LogP contribution in [0.5, 0.6) is 0 Å². The fourth-order valence-electron chi connectivity index (χ4n) is 3.61. The molecule has 0 saturated carbocycles. The average molecular weight is 407 g/mol. The third kappa shape index (κ3) is 3.85. The Morgan fingerprint density at radius 3 is 2.55 bits per heavy atom. The Kier molecular flexibility index (Phi) is 4.84. The molecule has 2 N–H and O–H groups in total. The van der Waals surface area contributed by atoms with Crippen molar-refractivity contribution in [3.05, 3.63) is 91.0 Å². The molecule has 0 radical (unpaired) electrons. The molecular formula is C26H21N3O2. The van der Waals surface area contributed by atoms with Crippen LogP contribution in [0.1, 0.15) is 6.92 Å². The minimum Gasteiger partial charge on any atom is -0.436 e. The number of rotatable bonds is 5. The van der Waals surface area contributed by atoms with Gasteiger partial charge in [-0.25, -0.2) is 4.98 Å². The van der Waals surface area contributed by atoms with Gasteiger partial charge in [-0.05, 0) is 48.7 Å². The number of aromatic nitrogens is 1. The van der Waals surface area contributed by atoms with E-state index in [1.165, 1.54) is 0 Å². The first-order valence-corrected chi connectivity index (χ1v) is 10.2. The van der Waals surface area contributed by atoms with Crippen molar-refractivity contribution in [3.63, 3.8) is 0 Å². The molecule has 5 rings (SSSR count).